The van der Waals surface area contributed by atoms with Gasteiger partial charge in [0, 0.05) is 22.5 Å². The summed E-state index contributed by atoms with van der Waals surface area (Å²) in [5.74, 6) is -2.00. The molecule has 2 amide bonds. The molecule has 2 rings (SSSR count). The first-order valence-electron chi connectivity index (χ1n) is 5.33. The minimum Gasteiger partial charge on any atom is -0.308 e. The van der Waals surface area contributed by atoms with E-state index in [4.69, 9.17) is 11.6 Å². The Bertz CT molecular complexity index is 619. The van der Waals surface area contributed by atoms with E-state index in [1.165, 1.54) is 6.07 Å². The Balaban J connectivity index is 2.03. The molecule has 0 bridgehead atoms. The summed E-state index contributed by atoms with van der Waals surface area (Å²) < 4.78 is 25.7. The van der Waals surface area contributed by atoms with Gasteiger partial charge in [0.1, 0.15) is 0 Å². The van der Waals surface area contributed by atoms with Crippen LogP contribution in [0.25, 0.3) is 0 Å². The van der Waals surface area contributed by atoms with Crippen LogP contribution in [0.4, 0.5) is 25.0 Å². The van der Waals surface area contributed by atoms with Crippen LogP contribution in [0.1, 0.15) is 0 Å². The van der Waals surface area contributed by atoms with Crippen LogP contribution >= 0.6 is 11.6 Å². The summed E-state index contributed by atoms with van der Waals surface area (Å²) in [6.45, 7) is 0. The Kier molecular flexibility index (Phi) is 3.97. The molecule has 0 saturated carbocycles. The first-order valence-corrected chi connectivity index (χ1v) is 5.71. The van der Waals surface area contributed by atoms with Gasteiger partial charge in [0.2, 0.25) is 0 Å². The Hall–Kier alpha value is -2.14. The van der Waals surface area contributed by atoms with Crippen molar-refractivity contribution >= 4 is 29.0 Å². The lowest BCUT2D eigenvalue weighted by atomic mass is 10.3. The van der Waals surface area contributed by atoms with Crippen molar-refractivity contribution in [1.82, 2.24) is 0 Å². The van der Waals surface area contributed by atoms with Crippen molar-refractivity contribution in [1.29, 1.82) is 0 Å². The molecule has 3 nitrogen and oxygen atoms in total. The van der Waals surface area contributed by atoms with E-state index in [9.17, 15) is 13.6 Å². The van der Waals surface area contributed by atoms with Crippen molar-refractivity contribution in [2.75, 3.05) is 10.6 Å². The van der Waals surface area contributed by atoms with E-state index >= 15 is 0 Å². The van der Waals surface area contributed by atoms with Gasteiger partial charge in [0.15, 0.2) is 11.6 Å². The lowest BCUT2D eigenvalue weighted by Crippen LogP contribution is -2.19. The number of rotatable bonds is 2. The highest BCUT2D eigenvalue weighted by Crippen LogP contribution is 2.16. The zero-order chi connectivity index (χ0) is 13.8. The topological polar surface area (TPSA) is 41.1 Å². The van der Waals surface area contributed by atoms with Crippen LogP contribution in [-0.2, 0) is 0 Å². The monoisotopic (exact) mass is 282 g/mol. The molecular formula is C13H9ClF2N2O. The molecule has 0 spiro atoms. The zero-order valence-corrected chi connectivity index (χ0v) is 10.3. The molecule has 2 aromatic carbocycles. The molecule has 2 N–H and O–H groups in total. The third kappa shape index (κ3) is 3.66. The van der Waals surface area contributed by atoms with Crippen molar-refractivity contribution < 1.29 is 13.6 Å². The van der Waals surface area contributed by atoms with Crippen LogP contribution in [0.15, 0.2) is 42.5 Å². The Labute approximate surface area is 113 Å². The second-order valence-electron chi connectivity index (χ2n) is 3.72. The first-order chi connectivity index (χ1) is 9.04. The fraction of sp³-hybridized carbons (Fsp3) is 0. The number of anilines is 2. The normalized spacial score (nSPS) is 10.1. The third-order valence-electron chi connectivity index (χ3n) is 2.26. The highest BCUT2D eigenvalue weighted by molar-refractivity contribution is 6.30. The van der Waals surface area contributed by atoms with Gasteiger partial charge in [-0.2, -0.15) is 0 Å². The van der Waals surface area contributed by atoms with Crippen LogP contribution in [0.5, 0.6) is 0 Å². The summed E-state index contributed by atoms with van der Waals surface area (Å²) in [5, 5.41) is 5.37. The Morgan fingerprint density at radius 1 is 0.947 bits per heavy atom. The van der Waals surface area contributed by atoms with Gasteiger partial charge in [-0.1, -0.05) is 17.7 Å². The summed E-state index contributed by atoms with van der Waals surface area (Å²) >= 11 is 5.76. The molecule has 0 fully saturated rings. The number of urea groups is 1. The van der Waals surface area contributed by atoms with Gasteiger partial charge in [-0.15, -0.1) is 0 Å². The smallest absolute Gasteiger partial charge is 0.308 e. The number of carbonyl (C=O) groups is 1. The van der Waals surface area contributed by atoms with Crippen molar-refractivity contribution in [2.24, 2.45) is 0 Å². The summed E-state index contributed by atoms with van der Waals surface area (Å²) in [5.41, 5.74) is 0.644. The van der Waals surface area contributed by atoms with Crippen LogP contribution in [0.3, 0.4) is 0 Å². The maximum atomic E-state index is 12.9. The fourth-order valence-electron chi connectivity index (χ4n) is 1.43. The minimum atomic E-state index is -1.03. The van der Waals surface area contributed by atoms with Crippen LogP contribution in [0, 0.1) is 11.6 Å². The molecule has 0 saturated heterocycles. The fourth-order valence-corrected chi connectivity index (χ4v) is 1.62. The van der Waals surface area contributed by atoms with Gasteiger partial charge in [-0.3, -0.25) is 0 Å². The quantitative estimate of drug-likeness (QED) is 0.849. The second-order valence-corrected chi connectivity index (χ2v) is 4.15. The number of hydrogen-bond donors (Lipinski definition) is 2. The van der Waals surface area contributed by atoms with Crippen molar-refractivity contribution in [2.45, 2.75) is 0 Å². The van der Waals surface area contributed by atoms with E-state index in [0.29, 0.717) is 10.7 Å². The van der Waals surface area contributed by atoms with Gasteiger partial charge in [0.25, 0.3) is 0 Å². The molecule has 0 unspecified atom stereocenters. The van der Waals surface area contributed by atoms with Gasteiger partial charge in [0.05, 0.1) is 0 Å². The highest BCUT2D eigenvalue weighted by atomic mass is 35.5. The number of benzene rings is 2. The van der Waals surface area contributed by atoms with Crippen molar-refractivity contribution in [3.05, 3.63) is 59.1 Å². The summed E-state index contributed by atoms with van der Waals surface area (Å²) in [7, 11) is 0. The molecule has 0 aliphatic carbocycles. The van der Waals surface area contributed by atoms with E-state index in [0.717, 1.165) is 12.1 Å². The summed E-state index contributed by atoms with van der Waals surface area (Å²) in [6, 6.07) is 9.07. The van der Waals surface area contributed by atoms with Crippen LogP contribution in [-0.4, -0.2) is 6.03 Å². The van der Waals surface area contributed by atoms with Crippen molar-refractivity contribution in [3.63, 3.8) is 0 Å². The van der Waals surface area contributed by atoms with Crippen molar-refractivity contribution in [3.8, 4) is 0 Å². The molecule has 0 aromatic heterocycles. The highest BCUT2D eigenvalue weighted by Gasteiger charge is 2.06. The van der Waals surface area contributed by atoms with Gasteiger partial charge in [-0.05, 0) is 30.3 Å². The summed E-state index contributed by atoms with van der Waals surface area (Å²) in [6.07, 6.45) is 0. The van der Waals surface area contributed by atoms with E-state index in [2.05, 4.69) is 10.6 Å². The lowest BCUT2D eigenvalue weighted by Gasteiger charge is -2.08. The summed E-state index contributed by atoms with van der Waals surface area (Å²) in [4.78, 5) is 11.6. The van der Waals surface area contributed by atoms with Crippen LogP contribution in [0.2, 0.25) is 5.02 Å². The predicted octanol–water partition coefficient (Wildman–Crippen LogP) is 4.26. The lowest BCUT2D eigenvalue weighted by molar-refractivity contribution is 0.262. The number of halogens is 3. The molecule has 0 radical (unpaired) electrons. The van der Waals surface area contributed by atoms with E-state index in [1.807, 2.05) is 0 Å². The second kappa shape index (κ2) is 5.67. The van der Waals surface area contributed by atoms with E-state index < -0.39 is 17.7 Å². The first kappa shape index (κ1) is 13.3. The molecule has 19 heavy (non-hydrogen) atoms. The Morgan fingerprint density at radius 3 is 2.26 bits per heavy atom. The zero-order valence-electron chi connectivity index (χ0n) is 9.58. The Morgan fingerprint density at radius 2 is 1.63 bits per heavy atom. The molecular weight excluding hydrogens is 274 g/mol. The van der Waals surface area contributed by atoms with E-state index in [1.54, 1.807) is 24.3 Å². The predicted molar refractivity (Wildman–Crippen MR) is 70.5 cm³/mol. The molecule has 2 aromatic rings. The molecule has 6 heteroatoms. The molecule has 0 heterocycles. The SMILES string of the molecule is O=C(Nc1cccc(Cl)c1)Nc1ccc(F)c(F)c1. The molecule has 98 valence electrons. The number of nitrogens with one attached hydrogen (secondary N) is 2. The maximum Gasteiger partial charge on any atom is 0.323 e. The van der Waals surface area contributed by atoms with Gasteiger partial charge >= 0.3 is 6.03 Å². The maximum absolute atomic E-state index is 12.9. The van der Waals surface area contributed by atoms with E-state index in [-0.39, 0.29) is 5.69 Å². The molecule has 0 atom stereocenters. The largest absolute Gasteiger partial charge is 0.323 e. The minimum absolute atomic E-state index is 0.151. The number of hydrogen-bond acceptors (Lipinski definition) is 1. The number of amides is 2. The van der Waals surface area contributed by atoms with Gasteiger partial charge < -0.3 is 10.6 Å². The van der Waals surface area contributed by atoms with Gasteiger partial charge in [-0.25, -0.2) is 13.6 Å². The third-order valence-corrected chi connectivity index (χ3v) is 2.50. The average Bonchev–Trinajstić information content (AvgIpc) is 2.34. The molecule has 0 aliphatic heterocycles. The number of carbonyl (C=O) groups excluding carboxylic acids is 1. The standard InChI is InChI=1S/C13H9ClF2N2O/c14-8-2-1-3-9(6-8)17-13(19)18-10-4-5-11(15)12(16)7-10/h1-7H,(H2,17,18,19). The van der Waals surface area contributed by atoms with Crippen LogP contribution < -0.4 is 10.6 Å². The molecule has 0 aliphatic rings. The average molecular weight is 283 g/mol.